The third-order valence-corrected chi connectivity index (χ3v) is 5.11. The molecule has 0 saturated carbocycles. The number of pyridine rings is 1. The first-order valence-electron chi connectivity index (χ1n) is 9.73. The van der Waals surface area contributed by atoms with E-state index >= 15 is 0 Å². The quantitative estimate of drug-likeness (QED) is 0.494. The zero-order valence-corrected chi connectivity index (χ0v) is 18.6. The van der Waals surface area contributed by atoms with E-state index in [9.17, 15) is 13.5 Å². The molecule has 0 saturated heterocycles. The van der Waals surface area contributed by atoms with Crippen LogP contribution in [-0.4, -0.2) is 63.1 Å². The third kappa shape index (κ3) is 7.09. The standard InChI is InChI=1S/C22H27N3O5S/c1-25(13-18-5-4-16-12-21(29-2)10-11-22(16)23-18)14-19(26)15-30-20-8-6-17(7-9-20)24-31(3,27)28/h4-12,19,24,26H,13-15H2,1-3H3. The van der Waals surface area contributed by atoms with Crippen LogP contribution in [0.3, 0.4) is 0 Å². The van der Waals surface area contributed by atoms with E-state index in [0.717, 1.165) is 28.6 Å². The Labute approximate surface area is 182 Å². The van der Waals surface area contributed by atoms with Crippen LogP contribution in [0.5, 0.6) is 11.5 Å². The minimum absolute atomic E-state index is 0.119. The SMILES string of the molecule is COc1ccc2nc(CN(C)CC(O)COc3ccc(NS(C)(=O)=O)cc3)ccc2c1. The van der Waals surface area contributed by atoms with Gasteiger partial charge in [0.2, 0.25) is 10.0 Å². The first-order valence-corrected chi connectivity index (χ1v) is 11.6. The summed E-state index contributed by atoms with van der Waals surface area (Å²) in [4.78, 5) is 6.64. The van der Waals surface area contributed by atoms with E-state index < -0.39 is 16.1 Å². The summed E-state index contributed by atoms with van der Waals surface area (Å²) in [5, 5.41) is 11.3. The first-order chi connectivity index (χ1) is 14.7. The summed E-state index contributed by atoms with van der Waals surface area (Å²) >= 11 is 0. The second-order valence-electron chi connectivity index (χ2n) is 7.42. The minimum atomic E-state index is -3.32. The van der Waals surface area contributed by atoms with E-state index in [1.807, 2.05) is 42.3 Å². The highest BCUT2D eigenvalue weighted by Gasteiger charge is 2.11. The van der Waals surface area contributed by atoms with Gasteiger partial charge >= 0.3 is 0 Å². The van der Waals surface area contributed by atoms with Crippen molar-refractivity contribution in [2.24, 2.45) is 0 Å². The average Bonchev–Trinajstić information content (AvgIpc) is 2.71. The maximum absolute atomic E-state index is 11.2. The number of sulfonamides is 1. The Bertz CT molecular complexity index is 1120. The summed E-state index contributed by atoms with van der Waals surface area (Å²) in [7, 11) is 0.231. The fourth-order valence-electron chi connectivity index (χ4n) is 3.14. The van der Waals surface area contributed by atoms with Crippen molar-refractivity contribution in [2.75, 3.05) is 38.3 Å². The number of nitrogens with zero attached hydrogens (tertiary/aromatic N) is 2. The van der Waals surface area contributed by atoms with Crippen LogP contribution in [-0.2, 0) is 16.6 Å². The Morgan fingerprint density at radius 2 is 1.81 bits per heavy atom. The highest BCUT2D eigenvalue weighted by Crippen LogP contribution is 2.20. The van der Waals surface area contributed by atoms with Crippen LogP contribution in [0.1, 0.15) is 5.69 Å². The molecule has 1 heterocycles. The van der Waals surface area contributed by atoms with E-state index in [1.54, 1.807) is 31.4 Å². The number of hydrogen-bond donors (Lipinski definition) is 2. The van der Waals surface area contributed by atoms with Crippen LogP contribution >= 0.6 is 0 Å². The second kappa shape index (κ2) is 9.95. The summed E-state index contributed by atoms with van der Waals surface area (Å²) in [6, 6.07) is 16.2. The molecule has 0 amide bonds. The second-order valence-corrected chi connectivity index (χ2v) is 9.17. The van der Waals surface area contributed by atoms with Crippen molar-refractivity contribution in [1.29, 1.82) is 0 Å². The van der Waals surface area contributed by atoms with Crippen molar-refractivity contribution in [3.05, 3.63) is 60.3 Å². The maximum atomic E-state index is 11.2. The Morgan fingerprint density at radius 1 is 1.10 bits per heavy atom. The van der Waals surface area contributed by atoms with Gasteiger partial charge in [-0.1, -0.05) is 6.07 Å². The Kier molecular flexibility index (Phi) is 7.32. The van der Waals surface area contributed by atoms with Crippen LogP contribution < -0.4 is 14.2 Å². The van der Waals surface area contributed by atoms with Gasteiger partial charge in [0.05, 0.1) is 24.6 Å². The topological polar surface area (TPSA) is 101 Å². The van der Waals surface area contributed by atoms with Crippen molar-refractivity contribution < 1.29 is 23.0 Å². The number of hydrogen-bond acceptors (Lipinski definition) is 7. The van der Waals surface area contributed by atoms with Crippen LogP contribution in [0.25, 0.3) is 10.9 Å². The lowest BCUT2D eigenvalue weighted by Crippen LogP contribution is -2.33. The smallest absolute Gasteiger partial charge is 0.229 e. The molecule has 2 aromatic carbocycles. The van der Waals surface area contributed by atoms with E-state index in [-0.39, 0.29) is 6.61 Å². The number of anilines is 1. The van der Waals surface area contributed by atoms with E-state index in [4.69, 9.17) is 9.47 Å². The molecule has 0 spiro atoms. The number of aliphatic hydroxyl groups excluding tert-OH is 1. The predicted molar refractivity (Wildman–Crippen MR) is 121 cm³/mol. The Morgan fingerprint density at radius 3 is 2.48 bits per heavy atom. The lowest BCUT2D eigenvalue weighted by Gasteiger charge is -2.20. The van der Waals surface area contributed by atoms with Gasteiger partial charge in [0.25, 0.3) is 0 Å². The molecule has 0 aliphatic heterocycles. The Balaban J connectivity index is 1.49. The van der Waals surface area contributed by atoms with Crippen molar-refractivity contribution in [2.45, 2.75) is 12.6 Å². The number of likely N-dealkylation sites (N-methyl/N-ethyl adjacent to an activating group) is 1. The van der Waals surface area contributed by atoms with Crippen LogP contribution in [0.15, 0.2) is 54.6 Å². The summed E-state index contributed by atoms with van der Waals surface area (Å²) in [6.07, 6.45) is 0.401. The predicted octanol–water partition coefficient (Wildman–Crippen LogP) is 2.49. The van der Waals surface area contributed by atoms with Crippen LogP contribution in [0.4, 0.5) is 5.69 Å². The average molecular weight is 446 g/mol. The first kappa shape index (κ1) is 22.8. The molecule has 1 aromatic heterocycles. The van der Waals surface area contributed by atoms with Gasteiger partial charge in [0.15, 0.2) is 0 Å². The van der Waals surface area contributed by atoms with Crippen molar-refractivity contribution in [3.8, 4) is 11.5 Å². The number of aliphatic hydroxyl groups is 1. The third-order valence-electron chi connectivity index (χ3n) is 4.51. The summed E-state index contributed by atoms with van der Waals surface area (Å²) in [5.74, 6) is 1.34. The van der Waals surface area contributed by atoms with Crippen molar-refractivity contribution in [1.82, 2.24) is 9.88 Å². The number of methoxy groups -OCH3 is 1. The van der Waals surface area contributed by atoms with Gasteiger partial charge in [-0.15, -0.1) is 0 Å². The molecule has 8 nitrogen and oxygen atoms in total. The fourth-order valence-corrected chi connectivity index (χ4v) is 3.70. The van der Waals surface area contributed by atoms with Gasteiger partial charge < -0.3 is 14.6 Å². The zero-order valence-electron chi connectivity index (χ0n) is 17.8. The zero-order chi connectivity index (χ0) is 22.4. The molecule has 0 radical (unpaired) electrons. The number of aromatic nitrogens is 1. The summed E-state index contributed by atoms with van der Waals surface area (Å²) in [5.41, 5.74) is 2.25. The number of rotatable bonds is 10. The molecular weight excluding hydrogens is 418 g/mol. The highest BCUT2D eigenvalue weighted by molar-refractivity contribution is 7.92. The minimum Gasteiger partial charge on any atom is -0.497 e. The van der Waals surface area contributed by atoms with Crippen molar-refractivity contribution in [3.63, 3.8) is 0 Å². The molecule has 0 fully saturated rings. The molecule has 0 aliphatic rings. The number of nitrogens with one attached hydrogen (secondary N) is 1. The molecule has 31 heavy (non-hydrogen) atoms. The largest absolute Gasteiger partial charge is 0.497 e. The van der Waals surface area contributed by atoms with Gasteiger partial charge in [-0.05, 0) is 55.6 Å². The monoisotopic (exact) mass is 445 g/mol. The van der Waals surface area contributed by atoms with E-state index in [0.29, 0.717) is 24.5 Å². The molecule has 9 heteroatoms. The summed E-state index contributed by atoms with van der Waals surface area (Å²) < 4.78 is 35.7. The lowest BCUT2D eigenvalue weighted by molar-refractivity contribution is 0.0741. The highest BCUT2D eigenvalue weighted by atomic mass is 32.2. The van der Waals surface area contributed by atoms with Gasteiger partial charge in [-0.2, -0.15) is 0 Å². The molecule has 1 unspecified atom stereocenters. The van der Waals surface area contributed by atoms with Crippen molar-refractivity contribution >= 4 is 26.6 Å². The fraction of sp³-hybridized carbons (Fsp3) is 0.318. The number of ether oxygens (including phenoxy) is 2. The molecule has 3 rings (SSSR count). The van der Waals surface area contributed by atoms with E-state index in [2.05, 4.69) is 9.71 Å². The lowest BCUT2D eigenvalue weighted by atomic mass is 10.2. The number of fused-ring (bicyclic) bond motifs is 1. The molecule has 1 atom stereocenters. The van der Waals surface area contributed by atoms with Crippen LogP contribution in [0.2, 0.25) is 0 Å². The number of benzene rings is 2. The summed E-state index contributed by atoms with van der Waals surface area (Å²) in [6.45, 7) is 1.12. The van der Waals surface area contributed by atoms with Gasteiger partial charge in [-0.25, -0.2) is 8.42 Å². The maximum Gasteiger partial charge on any atom is 0.229 e. The molecule has 3 aromatic rings. The Hall–Kier alpha value is -2.88. The normalized spacial score (nSPS) is 12.7. The van der Waals surface area contributed by atoms with Crippen LogP contribution in [0, 0.1) is 0 Å². The molecule has 2 N–H and O–H groups in total. The van der Waals surface area contributed by atoms with Gasteiger partial charge in [-0.3, -0.25) is 14.6 Å². The molecular formula is C22H27N3O5S. The molecule has 166 valence electrons. The molecule has 0 bridgehead atoms. The van der Waals surface area contributed by atoms with Gasteiger partial charge in [0.1, 0.15) is 24.2 Å². The molecule has 0 aliphatic carbocycles. The van der Waals surface area contributed by atoms with Gasteiger partial charge in [0, 0.05) is 24.2 Å². The van der Waals surface area contributed by atoms with E-state index in [1.165, 1.54) is 0 Å².